The fourth-order valence-corrected chi connectivity index (χ4v) is 2.90. The monoisotopic (exact) mass is 238 g/mol. The summed E-state index contributed by atoms with van der Waals surface area (Å²) in [6, 6.07) is 8.33. The van der Waals surface area contributed by atoms with Gasteiger partial charge in [-0.1, -0.05) is 41.9 Å². The molecule has 2 rings (SSSR count). The lowest BCUT2D eigenvalue weighted by Crippen LogP contribution is -2.17. The lowest BCUT2D eigenvalue weighted by molar-refractivity contribution is 0.390. The van der Waals surface area contributed by atoms with E-state index >= 15 is 0 Å². The van der Waals surface area contributed by atoms with Gasteiger partial charge in [0.15, 0.2) is 0 Å². The van der Waals surface area contributed by atoms with Gasteiger partial charge in [0, 0.05) is 18.5 Å². The number of likely N-dealkylation sites (N-methyl/N-ethyl adjacent to an activating group) is 1. The molecule has 1 aromatic carbocycles. The van der Waals surface area contributed by atoms with Crippen LogP contribution in [0, 0.1) is 4.64 Å². The van der Waals surface area contributed by atoms with E-state index < -0.39 is 0 Å². The molecular formula is C11H14N2S2. The molecule has 0 amide bonds. The van der Waals surface area contributed by atoms with Crippen LogP contribution in [0.4, 0.5) is 0 Å². The van der Waals surface area contributed by atoms with Crippen LogP contribution in [0.2, 0.25) is 0 Å². The molecule has 0 atom stereocenters. The smallest absolute Gasteiger partial charge is 0.123 e. The highest BCUT2D eigenvalue weighted by Gasteiger charge is 2.03. The molecule has 4 heteroatoms. The van der Waals surface area contributed by atoms with Crippen LogP contribution >= 0.6 is 23.8 Å². The van der Waals surface area contributed by atoms with Crippen LogP contribution in [0.15, 0.2) is 24.3 Å². The van der Waals surface area contributed by atoms with Crippen molar-refractivity contribution in [3.05, 3.63) is 28.9 Å². The van der Waals surface area contributed by atoms with Crippen molar-refractivity contribution in [1.82, 2.24) is 8.86 Å². The molecule has 0 fully saturated rings. The SMILES string of the molecule is CN(C)CCn1sc2ccccc2c1=S. The summed E-state index contributed by atoms with van der Waals surface area (Å²) in [6.45, 7) is 2.01. The molecule has 15 heavy (non-hydrogen) atoms. The van der Waals surface area contributed by atoms with Crippen LogP contribution in [0.1, 0.15) is 0 Å². The van der Waals surface area contributed by atoms with Gasteiger partial charge in [-0.15, -0.1) is 0 Å². The second-order valence-electron chi connectivity index (χ2n) is 3.80. The Hall–Kier alpha value is -0.710. The Balaban J connectivity index is 2.36. The zero-order chi connectivity index (χ0) is 10.8. The second-order valence-corrected chi connectivity index (χ2v) is 5.25. The third-order valence-corrected chi connectivity index (χ3v) is 4.00. The van der Waals surface area contributed by atoms with Gasteiger partial charge < -0.3 is 4.90 Å². The maximum atomic E-state index is 5.43. The minimum absolute atomic E-state index is 0.970. The van der Waals surface area contributed by atoms with Gasteiger partial charge in [-0.25, -0.2) is 0 Å². The molecule has 0 saturated heterocycles. The van der Waals surface area contributed by atoms with Gasteiger partial charge in [-0.05, 0) is 20.2 Å². The number of aromatic nitrogens is 1. The lowest BCUT2D eigenvalue weighted by Gasteiger charge is -2.08. The average Bonchev–Trinajstić information content (AvgIpc) is 2.54. The van der Waals surface area contributed by atoms with Crippen molar-refractivity contribution in [2.45, 2.75) is 6.54 Å². The Morgan fingerprint density at radius 2 is 2.07 bits per heavy atom. The third-order valence-electron chi connectivity index (χ3n) is 2.30. The summed E-state index contributed by atoms with van der Waals surface area (Å²) in [6.07, 6.45) is 0. The van der Waals surface area contributed by atoms with E-state index in [0.29, 0.717) is 0 Å². The quantitative estimate of drug-likeness (QED) is 0.760. The molecule has 2 aromatic rings. The molecule has 80 valence electrons. The fourth-order valence-electron chi connectivity index (χ4n) is 1.46. The van der Waals surface area contributed by atoms with Gasteiger partial charge >= 0.3 is 0 Å². The maximum Gasteiger partial charge on any atom is 0.123 e. The molecule has 2 nitrogen and oxygen atoms in total. The van der Waals surface area contributed by atoms with Crippen molar-refractivity contribution in [2.24, 2.45) is 0 Å². The van der Waals surface area contributed by atoms with Gasteiger partial charge in [0.2, 0.25) is 0 Å². The van der Waals surface area contributed by atoms with E-state index in [4.69, 9.17) is 12.2 Å². The Bertz CT molecular complexity index is 511. The van der Waals surface area contributed by atoms with Crippen molar-refractivity contribution in [3.63, 3.8) is 0 Å². The first-order chi connectivity index (χ1) is 7.18. The number of fused-ring (bicyclic) bond motifs is 1. The van der Waals surface area contributed by atoms with E-state index in [1.54, 1.807) is 11.5 Å². The van der Waals surface area contributed by atoms with Crippen molar-refractivity contribution < 1.29 is 0 Å². The highest BCUT2D eigenvalue weighted by atomic mass is 32.1. The molecule has 0 aliphatic rings. The summed E-state index contributed by atoms with van der Waals surface area (Å²) in [5.74, 6) is 0. The van der Waals surface area contributed by atoms with E-state index in [9.17, 15) is 0 Å². The molecule has 1 heterocycles. The summed E-state index contributed by atoms with van der Waals surface area (Å²) in [7, 11) is 4.16. The third kappa shape index (κ3) is 2.27. The average molecular weight is 238 g/mol. The largest absolute Gasteiger partial charge is 0.308 e. The Kier molecular flexibility index (Phi) is 3.19. The first-order valence-corrected chi connectivity index (χ1v) is 6.10. The predicted molar refractivity (Wildman–Crippen MR) is 69.2 cm³/mol. The number of rotatable bonds is 3. The van der Waals surface area contributed by atoms with Gasteiger partial charge in [0.1, 0.15) is 4.64 Å². The Morgan fingerprint density at radius 3 is 2.73 bits per heavy atom. The fraction of sp³-hybridized carbons (Fsp3) is 0.364. The summed E-state index contributed by atoms with van der Waals surface area (Å²) in [4.78, 5) is 2.17. The molecule has 0 aliphatic carbocycles. The maximum absolute atomic E-state index is 5.43. The minimum Gasteiger partial charge on any atom is -0.308 e. The van der Waals surface area contributed by atoms with Gasteiger partial charge in [-0.2, -0.15) is 0 Å². The summed E-state index contributed by atoms with van der Waals surface area (Å²) in [5.41, 5.74) is 0. The molecule has 0 spiro atoms. The first kappa shape index (κ1) is 10.8. The van der Waals surface area contributed by atoms with E-state index in [1.165, 1.54) is 10.1 Å². The minimum atomic E-state index is 0.970. The molecule has 0 aliphatic heterocycles. The van der Waals surface area contributed by atoms with Crippen molar-refractivity contribution in [2.75, 3.05) is 20.6 Å². The van der Waals surface area contributed by atoms with Crippen molar-refractivity contribution in [1.29, 1.82) is 0 Å². The number of benzene rings is 1. The zero-order valence-corrected chi connectivity index (χ0v) is 10.6. The molecular weight excluding hydrogens is 224 g/mol. The zero-order valence-electron chi connectivity index (χ0n) is 8.93. The predicted octanol–water partition coefficient (Wildman–Crippen LogP) is 2.99. The van der Waals surface area contributed by atoms with Gasteiger partial charge in [-0.3, -0.25) is 3.96 Å². The van der Waals surface area contributed by atoms with Crippen LogP contribution in [0.3, 0.4) is 0 Å². The van der Waals surface area contributed by atoms with E-state index in [-0.39, 0.29) is 0 Å². The number of hydrogen-bond acceptors (Lipinski definition) is 3. The van der Waals surface area contributed by atoms with Gasteiger partial charge in [0.25, 0.3) is 0 Å². The second kappa shape index (κ2) is 4.43. The van der Waals surface area contributed by atoms with Crippen LogP contribution < -0.4 is 0 Å². The number of nitrogens with zero attached hydrogens (tertiary/aromatic N) is 2. The van der Waals surface area contributed by atoms with Crippen molar-refractivity contribution >= 4 is 33.8 Å². The Labute approximate surface area is 98.9 Å². The van der Waals surface area contributed by atoms with E-state index in [2.05, 4.69) is 41.2 Å². The summed E-state index contributed by atoms with van der Waals surface area (Å²) < 4.78 is 4.44. The number of hydrogen-bond donors (Lipinski definition) is 0. The molecule has 1 aromatic heterocycles. The van der Waals surface area contributed by atoms with Crippen LogP contribution in [0.5, 0.6) is 0 Å². The molecule has 0 N–H and O–H groups in total. The van der Waals surface area contributed by atoms with Gasteiger partial charge in [0.05, 0.1) is 4.70 Å². The summed E-state index contributed by atoms with van der Waals surface area (Å²) in [5, 5.41) is 1.20. The van der Waals surface area contributed by atoms with Crippen LogP contribution in [0.25, 0.3) is 10.1 Å². The van der Waals surface area contributed by atoms with Crippen molar-refractivity contribution in [3.8, 4) is 0 Å². The normalized spacial score (nSPS) is 11.4. The molecule has 0 radical (unpaired) electrons. The van der Waals surface area contributed by atoms with Crippen LogP contribution in [-0.2, 0) is 6.54 Å². The van der Waals surface area contributed by atoms with Crippen LogP contribution in [-0.4, -0.2) is 29.5 Å². The molecule has 0 bridgehead atoms. The molecule has 0 unspecified atom stereocenters. The topological polar surface area (TPSA) is 8.17 Å². The first-order valence-electron chi connectivity index (χ1n) is 4.92. The summed E-state index contributed by atoms with van der Waals surface area (Å²) >= 11 is 7.19. The Morgan fingerprint density at radius 1 is 1.33 bits per heavy atom. The highest BCUT2D eigenvalue weighted by molar-refractivity contribution is 7.71. The van der Waals surface area contributed by atoms with E-state index in [1.807, 2.05) is 6.07 Å². The highest BCUT2D eigenvalue weighted by Crippen LogP contribution is 2.22. The molecule has 0 saturated carbocycles. The van der Waals surface area contributed by atoms with E-state index in [0.717, 1.165) is 17.7 Å². The standard InChI is InChI=1S/C11H14N2S2/c1-12(2)7-8-13-11(14)9-5-3-4-6-10(9)15-13/h3-6H,7-8H2,1-2H3. The lowest BCUT2D eigenvalue weighted by atomic mass is 10.3.